The second kappa shape index (κ2) is 8.23. The molecule has 0 spiro atoms. The molecule has 1 aromatic heterocycles. The Balaban J connectivity index is 1.45. The first-order valence-corrected chi connectivity index (χ1v) is 12.4. The van der Waals surface area contributed by atoms with E-state index >= 15 is 0 Å². The number of sulfonamides is 1. The lowest BCUT2D eigenvalue weighted by Gasteiger charge is -2.16. The third-order valence-corrected chi connectivity index (χ3v) is 6.98. The molecule has 7 nitrogen and oxygen atoms in total. The van der Waals surface area contributed by atoms with Crippen molar-refractivity contribution < 1.29 is 13.2 Å². The van der Waals surface area contributed by atoms with E-state index in [0.29, 0.717) is 22.3 Å². The van der Waals surface area contributed by atoms with Gasteiger partial charge < -0.3 is 0 Å². The monoisotopic (exact) mass is 442 g/mol. The first-order valence-electron chi connectivity index (χ1n) is 9.55. The number of aromatic nitrogens is 3. The third-order valence-electron chi connectivity index (χ3n) is 4.94. The van der Waals surface area contributed by atoms with Crippen LogP contribution in [0.3, 0.4) is 0 Å². The molecule has 2 aromatic carbocycles. The summed E-state index contributed by atoms with van der Waals surface area (Å²) in [6, 6.07) is 16.4. The van der Waals surface area contributed by atoms with Crippen LogP contribution >= 0.6 is 11.8 Å². The zero-order valence-electron chi connectivity index (χ0n) is 16.7. The van der Waals surface area contributed by atoms with Gasteiger partial charge in [0.25, 0.3) is 0 Å². The fourth-order valence-corrected chi connectivity index (χ4v) is 4.22. The summed E-state index contributed by atoms with van der Waals surface area (Å²) in [6.07, 6.45) is 3.37. The number of nitrogens with zero attached hydrogens (tertiary/aromatic N) is 4. The van der Waals surface area contributed by atoms with Crippen molar-refractivity contribution in [1.29, 1.82) is 0 Å². The zero-order chi connectivity index (χ0) is 21.3. The molecule has 0 aliphatic heterocycles. The van der Waals surface area contributed by atoms with E-state index in [1.54, 1.807) is 24.3 Å². The molecule has 0 N–H and O–H groups in total. The topological polar surface area (TPSA) is 85.2 Å². The number of hydrogen-bond acceptors (Lipinski definition) is 6. The van der Waals surface area contributed by atoms with Crippen LogP contribution in [-0.4, -0.2) is 48.0 Å². The van der Waals surface area contributed by atoms with Crippen LogP contribution in [0, 0.1) is 0 Å². The summed E-state index contributed by atoms with van der Waals surface area (Å²) in [4.78, 5) is 17.3. The van der Waals surface area contributed by atoms with Gasteiger partial charge in [0.05, 0.1) is 23.4 Å². The highest BCUT2D eigenvalue weighted by Gasteiger charge is 2.30. The average molecular weight is 443 g/mol. The first kappa shape index (κ1) is 20.6. The Kier molecular flexibility index (Phi) is 5.66. The molecule has 0 saturated heterocycles. The summed E-state index contributed by atoms with van der Waals surface area (Å²) >= 11 is 1.31. The normalized spacial score (nSPS) is 13.9. The number of carbonyl (C=O) groups is 1. The Morgan fingerprint density at radius 1 is 1.13 bits per heavy atom. The number of hydrogen-bond donors (Lipinski definition) is 0. The second-order valence-corrected chi connectivity index (χ2v) is 10.2. The number of rotatable bonds is 8. The van der Waals surface area contributed by atoms with Crippen molar-refractivity contribution in [3.05, 3.63) is 66.0 Å². The number of para-hydroxylation sites is 1. The van der Waals surface area contributed by atoms with E-state index in [0.717, 1.165) is 30.6 Å². The maximum atomic E-state index is 12.6. The van der Waals surface area contributed by atoms with E-state index in [4.69, 9.17) is 0 Å². The fraction of sp³-hybridized carbons (Fsp3) is 0.286. The minimum absolute atomic E-state index is 0.0578. The minimum Gasteiger partial charge on any atom is -0.293 e. The van der Waals surface area contributed by atoms with Crippen molar-refractivity contribution in [1.82, 2.24) is 14.8 Å². The molecule has 9 heteroatoms. The van der Waals surface area contributed by atoms with Crippen molar-refractivity contribution >= 4 is 33.3 Å². The van der Waals surface area contributed by atoms with Crippen molar-refractivity contribution in [3.8, 4) is 5.69 Å². The molecule has 1 heterocycles. The lowest BCUT2D eigenvalue weighted by atomic mass is 10.1. The fourth-order valence-electron chi connectivity index (χ4n) is 2.99. The predicted octanol–water partition coefficient (Wildman–Crippen LogP) is 3.52. The van der Waals surface area contributed by atoms with Gasteiger partial charge in [-0.05, 0) is 49.2 Å². The molecule has 0 radical (unpaired) electrons. The molecule has 0 unspecified atom stereocenters. The van der Waals surface area contributed by atoms with E-state index in [-0.39, 0.29) is 11.5 Å². The molecule has 0 atom stereocenters. The summed E-state index contributed by atoms with van der Waals surface area (Å²) in [6.45, 7) is 0. The quantitative estimate of drug-likeness (QED) is 0.392. The van der Waals surface area contributed by atoms with E-state index in [2.05, 4.69) is 10.1 Å². The van der Waals surface area contributed by atoms with Crippen LogP contribution in [0.5, 0.6) is 0 Å². The molecule has 30 heavy (non-hydrogen) atoms. The number of Topliss-reactive ketones (excluding diaryl/α,β-unsaturated/α-hetero) is 1. The standard InChI is InChI=1S/C21H22N4O3S2/c1-24(30(2,27)28)17-12-10-15(11-13-17)19(26)14-29-21-22-20(16-8-9-16)25(23-21)18-6-4-3-5-7-18/h3-7,10-13,16H,8-9,14H2,1-2H3. The molecule has 0 amide bonds. The highest BCUT2D eigenvalue weighted by atomic mass is 32.2. The molecule has 156 valence electrons. The van der Waals surface area contributed by atoms with Gasteiger partial charge in [0.2, 0.25) is 15.2 Å². The van der Waals surface area contributed by atoms with Gasteiger partial charge >= 0.3 is 0 Å². The Labute approximate surface area is 180 Å². The lowest BCUT2D eigenvalue weighted by molar-refractivity contribution is 0.102. The number of ketones is 1. The number of anilines is 1. The van der Waals surface area contributed by atoms with Crippen LogP contribution in [0.25, 0.3) is 5.69 Å². The van der Waals surface area contributed by atoms with Gasteiger partial charge in [-0.25, -0.2) is 18.1 Å². The van der Waals surface area contributed by atoms with Crippen molar-refractivity contribution in [2.45, 2.75) is 23.9 Å². The van der Waals surface area contributed by atoms with Crippen LogP contribution in [0.2, 0.25) is 0 Å². The molecule has 1 aliphatic rings. The molecule has 4 rings (SSSR count). The van der Waals surface area contributed by atoms with Gasteiger partial charge in [-0.2, -0.15) is 0 Å². The summed E-state index contributed by atoms with van der Waals surface area (Å²) in [5, 5.41) is 5.20. The van der Waals surface area contributed by atoms with E-state index < -0.39 is 10.0 Å². The lowest BCUT2D eigenvalue weighted by Crippen LogP contribution is -2.24. The minimum atomic E-state index is -3.34. The average Bonchev–Trinajstić information content (AvgIpc) is 3.50. The van der Waals surface area contributed by atoms with Crippen molar-refractivity contribution in [3.63, 3.8) is 0 Å². The number of benzene rings is 2. The summed E-state index contributed by atoms with van der Waals surface area (Å²) < 4.78 is 26.3. The Hall–Kier alpha value is -2.65. The van der Waals surface area contributed by atoms with Gasteiger partial charge in [-0.15, -0.1) is 5.10 Å². The third kappa shape index (κ3) is 4.57. The van der Waals surface area contributed by atoms with E-state index in [1.807, 2.05) is 35.0 Å². The first-order chi connectivity index (χ1) is 14.3. The maximum Gasteiger partial charge on any atom is 0.231 e. The predicted molar refractivity (Wildman–Crippen MR) is 118 cm³/mol. The van der Waals surface area contributed by atoms with E-state index in [1.165, 1.54) is 23.1 Å². The van der Waals surface area contributed by atoms with Crippen LogP contribution in [0.15, 0.2) is 59.8 Å². The number of thioether (sulfide) groups is 1. The molecule has 1 fully saturated rings. The summed E-state index contributed by atoms with van der Waals surface area (Å²) in [7, 11) is -1.86. The van der Waals surface area contributed by atoms with Gasteiger partial charge in [0, 0.05) is 18.5 Å². The maximum absolute atomic E-state index is 12.6. The van der Waals surface area contributed by atoms with Crippen molar-refractivity contribution in [2.75, 3.05) is 23.4 Å². The van der Waals surface area contributed by atoms with Crippen LogP contribution in [0.1, 0.15) is 34.9 Å². The second-order valence-electron chi connectivity index (χ2n) is 7.26. The summed E-state index contributed by atoms with van der Waals surface area (Å²) in [5.74, 6) is 1.54. The van der Waals surface area contributed by atoms with Gasteiger partial charge in [-0.1, -0.05) is 30.0 Å². The highest BCUT2D eigenvalue weighted by molar-refractivity contribution is 7.99. The molecule has 1 saturated carbocycles. The van der Waals surface area contributed by atoms with Gasteiger partial charge in [0.15, 0.2) is 5.78 Å². The molecule has 0 bridgehead atoms. The van der Waals surface area contributed by atoms with Crippen LogP contribution in [0.4, 0.5) is 5.69 Å². The van der Waals surface area contributed by atoms with E-state index in [9.17, 15) is 13.2 Å². The van der Waals surface area contributed by atoms with Gasteiger partial charge in [0.1, 0.15) is 5.82 Å². The highest BCUT2D eigenvalue weighted by Crippen LogP contribution is 2.40. The SMILES string of the molecule is CN(c1ccc(C(=O)CSc2nc(C3CC3)n(-c3ccccc3)n2)cc1)S(C)(=O)=O. The smallest absolute Gasteiger partial charge is 0.231 e. The van der Waals surface area contributed by atoms with Gasteiger partial charge in [-0.3, -0.25) is 9.10 Å². The van der Waals surface area contributed by atoms with Crippen LogP contribution in [-0.2, 0) is 10.0 Å². The zero-order valence-corrected chi connectivity index (χ0v) is 18.4. The van der Waals surface area contributed by atoms with Crippen molar-refractivity contribution in [2.24, 2.45) is 0 Å². The largest absolute Gasteiger partial charge is 0.293 e. The molecule has 3 aromatic rings. The Bertz CT molecular complexity index is 1150. The summed E-state index contributed by atoms with van der Waals surface area (Å²) in [5.41, 5.74) is 2.01. The number of carbonyl (C=O) groups excluding carboxylic acids is 1. The Morgan fingerprint density at radius 3 is 2.40 bits per heavy atom. The molecular weight excluding hydrogens is 420 g/mol. The molecule has 1 aliphatic carbocycles. The van der Waals surface area contributed by atoms with Crippen LogP contribution < -0.4 is 4.31 Å². The Morgan fingerprint density at radius 2 is 1.80 bits per heavy atom. The molecular formula is C21H22N4O3S2.